The van der Waals surface area contributed by atoms with Gasteiger partial charge >= 0.3 is 5.97 Å². The van der Waals surface area contributed by atoms with Crippen molar-refractivity contribution >= 4 is 17.1 Å². The second-order valence-electron chi connectivity index (χ2n) is 5.66. The lowest BCUT2D eigenvalue weighted by Crippen LogP contribution is -2.26. The number of aryl methyl sites for hydroxylation is 2. The van der Waals surface area contributed by atoms with Gasteiger partial charge in [-0.25, -0.2) is 14.8 Å². The number of fused-ring (bicyclic) bond motifs is 1. The molecule has 0 aromatic carbocycles. The zero-order valence-electron chi connectivity index (χ0n) is 14.6. The first-order valence-electron chi connectivity index (χ1n) is 8.07. The summed E-state index contributed by atoms with van der Waals surface area (Å²) in [5.74, 6) is -0.187. The first-order valence-corrected chi connectivity index (χ1v) is 8.07. The van der Waals surface area contributed by atoms with E-state index in [0.717, 1.165) is 17.8 Å². The molecule has 132 valence electrons. The van der Waals surface area contributed by atoms with Crippen molar-refractivity contribution in [3.63, 3.8) is 0 Å². The average molecular weight is 344 g/mol. The van der Waals surface area contributed by atoms with Crippen LogP contribution in [0.1, 0.15) is 26.0 Å². The van der Waals surface area contributed by atoms with Crippen LogP contribution in [0.15, 0.2) is 12.5 Å². The van der Waals surface area contributed by atoms with Crippen LogP contribution < -0.4 is 4.74 Å². The van der Waals surface area contributed by atoms with E-state index < -0.39 is 12.1 Å². The van der Waals surface area contributed by atoms with Crippen LogP contribution in [0.5, 0.6) is 5.88 Å². The average Bonchev–Trinajstić information content (AvgIpc) is 3.13. The van der Waals surface area contributed by atoms with E-state index in [9.17, 15) is 9.90 Å². The molecule has 0 spiro atoms. The Morgan fingerprint density at radius 1 is 1.36 bits per heavy atom. The van der Waals surface area contributed by atoms with Gasteiger partial charge in [0.15, 0.2) is 17.3 Å². The fraction of sp³-hybridized carbons (Fsp3) is 0.438. The number of carboxylic acid groups (broad SMARTS) is 1. The van der Waals surface area contributed by atoms with E-state index in [1.807, 2.05) is 30.1 Å². The maximum absolute atomic E-state index is 11.2. The SMILES string of the molecule is CCC(Oc1ncnc2c1nc(-c1cnn(CC)c1C)n2C)C(=O)O. The summed E-state index contributed by atoms with van der Waals surface area (Å²) >= 11 is 0. The van der Waals surface area contributed by atoms with Crippen molar-refractivity contribution in [1.29, 1.82) is 0 Å². The molecule has 0 fully saturated rings. The largest absolute Gasteiger partial charge is 0.479 e. The third kappa shape index (κ3) is 2.81. The van der Waals surface area contributed by atoms with Crippen LogP contribution in [0.4, 0.5) is 0 Å². The second kappa shape index (κ2) is 6.50. The fourth-order valence-corrected chi connectivity index (χ4v) is 2.73. The smallest absolute Gasteiger partial charge is 0.344 e. The molecule has 3 rings (SSSR count). The first-order chi connectivity index (χ1) is 12.0. The molecule has 25 heavy (non-hydrogen) atoms. The third-order valence-corrected chi connectivity index (χ3v) is 4.17. The van der Waals surface area contributed by atoms with Crippen LogP contribution in [0, 0.1) is 6.92 Å². The molecule has 0 amide bonds. The molecular formula is C16H20N6O3. The molecule has 1 N–H and O–H groups in total. The van der Waals surface area contributed by atoms with Crippen LogP contribution in [0.2, 0.25) is 0 Å². The molecule has 0 bridgehead atoms. The van der Waals surface area contributed by atoms with Crippen LogP contribution in [0.3, 0.4) is 0 Å². The van der Waals surface area contributed by atoms with Crippen LogP contribution in [-0.2, 0) is 18.4 Å². The van der Waals surface area contributed by atoms with Gasteiger partial charge in [-0.2, -0.15) is 10.1 Å². The van der Waals surface area contributed by atoms with Gasteiger partial charge in [0.25, 0.3) is 0 Å². The van der Waals surface area contributed by atoms with Crippen molar-refractivity contribution in [2.45, 2.75) is 39.8 Å². The van der Waals surface area contributed by atoms with Crippen molar-refractivity contribution in [1.82, 2.24) is 29.3 Å². The second-order valence-corrected chi connectivity index (χ2v) is 5.66. The minimum Gasteiger partial charge on any atom is -0.479 e. The van der Waals surface area contributed by atoms with Gasteiger partial charge in [-0.3, -0.25) is 4.68 Å². The third-order valence-electron chi connectivity index (χ3n) is 4.17. The lowest BCUT2D eigenvalue weighted by molar-refractivity contribution is -0.145. The van der Waals surface area contributed by atoms with Gasteiger partial charge < -0.3 is 14.4 Å². The van der Waals surface area contributed by atoms with E-state index in [1.165, 1.54) is 6.33 Å². The van der Waals surface area contributed by atoms with Crippen molar-refractivity contribution in [2.75, 3.05) is 0 Å². The van der Waals surface area contributed by atoms with Gasteiger partial charge in [0.2, 0.25) is 5.88 Å². The Morgan fingerprint density at radius 3 is 2.72 bits per heavy atom. The number of imidazole rings is 1. The van der Waals surface area contributed by atoms with E-state index in [1.54, 1.807) is 13.1 Å². The number of hydrogen-bond acceptors (Lipinski definition) is 6. The van der Waals surface area contributed by atoms with Crippen molar-refractivity contribution in [2.24, 2.45) is 7.05 Å². The topological polar surface area (TPSA) is 108 Å². The summed E-state index contributed by atoms with van der Waals surface area (Å²) in [6.45, 7) is 6.50. The van der Waals surface area contributed by atoms with E-state index in [-0.39, 0.29) is 5.88 Å². The summed E-state index contributed by atoms with van der Waals surface area (Å²) in [4.78, 5) is 24.2. The standard InChI is InChI=1S/C16H20N6O3/c1-5-11(16(23)24)25-15-12-14(17-8-18-15)21(4)13(20-12)10-7-19-22(6-2)9(10)3/h7-8,11H,5-6H2,1-4H3,(H,23,24). The first kappa shape index (κ1) is 16.9. The number of nitrogens with zero attached hydrogens (tertiary/aromatic N) is 6. The van der Waals surface area contributed by atoms with Gasteiger partial charge in [0.1, 0.15) is 12.2 Å². The van der Waals surface area contributed by atoms with Gasteiger partial charge in [0.05, 0.1) is 11.8 Å². The minimum absolute atomic E-state index is 0.168. The minimum atomic E-state index is -1.04. The van der Waals surface area contributed by atoms with Gasteiger partial charge in [-0.05, 0) is 20.3 Å². The fourth-order valence-electron chi connectivity index (χ4n) is 2.73. The maximum atomic E-state index is 11.2. The summed E-state index contributed by atoms with van der Waals surface area (Å²) < 4.78 is 9.27. The highest BCUT2D eigenvalue weighted by molar-refractivity contribution is 5.82. The quantitative estimate of drug-likeness (QED) is 0.726. The molecule has 0 saturated carbocycles. The maximum Gasteiger partial charge on any atom is 0.344 e. The highest BCUT2D eigenvalue weighted by Crippen LogP contribution is 2.29. The Balaban J connectivity index is 2.11. The molecule has 1 atom stereocenters. The number of ether oxygens (including phenoxy) is 1. The Kier molecular flexibility index (Phi) is 4.39. The summed E-state index contributed by atoms with van der Waals surface area (Å²) in [5, 5.41) is 13.6. The number of carbonyl (C=O) groups is 1. The van der Waals surface area contributed by atoms with Crippen LogP contribution in [-0.4, -0.2) is 46.5 Å². The number of aliphatic carboxylic acids is 1. The molecule has 0 saturated heterocycles. The lowest BCUT2D eigenvalue weighted by atomic mass is 10.2. The van der Waals surface area contributed by atoms with E-state index in [4.69, 9.17) is 4.74 Å². The van der Waals surface area contributed by atoms with Crippen molar-refractivity contribution in [3.05, 3.63) is 18.2 Å². The van der Waals surface area contributed by atoms with E-state index in [0.29, 0.717) is 23.4 Å². The zero-order valence-corrected chi connectivity index (χ0v) is 14.6. The molecule has 1 unspecified atom stereocenters. The van der Waals surface area contributed by atoms with Crippen molar-refractivity contribution in [3.8, 4) is 17.3 Å². The van der Waals surface area contributed by atoms with Gasteiger partial charge in [-0.1, -0.05) is 6.92 Å². The normalized spacial score (nSPS) is 12.5. The lowest BCUT2D eigenvalue weighted by Gasteiger charge is -2.11. The molecule has 9 heteroatoms. The Labute approximate surface area is 144 Å². The summed E-state index contributed by atoms with van der Waals surface area (Å²) in [6, 6.07) is 0. The van der Waals surface area contributed by atoms with Crippen molar-refractivity contribution < 1.29 is 14.6 Å². The number of rotatable bonds is 6. The predicted octanol–water partition coefficient (Wildman–Crippen LogP) is 1.80. The number of aromatic nitrogens is 6. The van der Waals surface area contributed by atoms with Crippen LogP contribution in [0.25, 0.3) is 22.6 Å². The highest BCUT2D eigenvalue weighted by atomic mass is 16.5. The van der Waals surface area contributed by atoms with Crippen LogP contribution >= 0.6 is 0 Å². The molecule has 3 heterocycles. The Hall–Kier alpha value is -2.97. The summed E-state index contributed by atoms with van der Waals surface area (Å²) in [7, 11) is 1.85. The molecule has 0 aliphatic rings. The predicted molar refractivity (Wildman–Crippen MR) is 90.3 cm³/mol. The van der Waals surface area contributed by atoms with E-state index >= 15 is 0 Å². The molecular weight excluding hydrogens is 324 g/mol. The molecule has 3 aromatic rings. The number of carboxylic acids is 1. The summed E-state index contributed by atoms with van der Waals surface area (Å²) in [6.07, 6.45) is 2.45. The molecule has 0 radical (unpaired) electrons. The van der Waals surface area contributed by atoms with Gasteiger partial charge in [0, 0.05) is 19.3 Å². The molecule has 0 aliphatic carbocycles. The number of hydrogen-bond donors (Lipinski definition) is 1. The molecule has 0 aliphatic heterocycles. The Morgan fingerprint density at radius 2 is 2.12 bits per heavy atom. The monoisotopic (exact) mass is 344 g/mol. The van der Waals surface area contributed by atoms with Gasteiger partial charge in [-0.15, -0.1) is 0 Å². The Bertz CT molecular complexity index is 929. The van der Waals surface area contributed by atoms with E-state index in [2.05, 4.69) is 20.1 Å². The highest BCUT2D eigenvalue weighted by Gasteiger charge is 2.23. The molecule has 9 nitrogen and oxygen atoms in total. The molecule has 3 aromatic heterocycles. The summed E-state index contributed by atoms with van der Waals surface area (Å²) in [5.41, 5.74) is 2.89. The zero-order chi connectivity index (χ0) is 18.1.